The van der Waals surface area contributed by atoms with Crippen molar-refractivity contribution in [3.63, 3.8) is 0 Å². The van der Waals surface area contributed by atoms with Gasteiger partial charge in [0.15, 0.2) is 0 Å². The molecular formula is C47H57F3O6S. The third-order valence-corrected chi connectivity index (χ3v) is 13.0. The molecule has 1 fully saturated rings. The van der Waals surface area contributed by atoms with Crippen molar-refractivity contribution in [3.8, 4) is 29.1 Å². The van der Waals surface area contributed by atoms with Gasteiger partial charge in [-0.15, -0.1) is 0 Å². The summed E-state index contributed by atoms with van der Waals surface area (Å²) in [6, 6.07) is 22.3. The Bertz CT molecular complexity index is 2200. The first kappa shape index (κ1) is 45.2. The van der Waals surface area contributed by atoms with E-state index in [9.17, 15) is 36.9 Å². The molecule has 308 valence electrons. The molecule has 0 unspecified atom stereocenters. The van der Waals surface area contributed by atoms with Crippen LogP contribution in [0.2, 0.25) is 0 Å². The third-order valence-electron chi connectivity index (χ3n) is 12.0. The lowest BCUT2D eigenvalue weighted by atomic mass is 9.70. The van der Waals surface area contributed by atoms with E-state index in [2.05, 4.69) is 67.1 Å². The number of aryl methyl sites for hydroxylation is 4. The Kier molecular flexibility index (Phi) is 14.3. The molecule has 4 aromatic carbocycles. The molecule has 0 spiro atoms. The molecule has 3 N–H and O–H groups in total. The van der Waals surface area contributed by atoms with E-state index >= 15 is 0 Å². The number of hydrogen-bond donors (Lipinski definition) is 3. The average molecular weight is 807 g/mol. The third kappa shape index (κ3) is 9.81. The molecule has 0 heterocycles. The van der Waals surface area contributed by atoms with Crippen LogP contribution in [-0.2, 0) is 20.9 Å². The minimum absolute atomic E-state index is 0.0866. The maximum absolute atomic E-state index is 12.6. The predicted octanol–water partition coefficient (Wildman–Crippen LogP) is 11.5. The van der Waals surface area contributed by atoms with Gasteiger partial charge in [-0.25, -0.2) is 0 Å². The lowest BCUT2D eigenvalue weighted by Crippen LogP contribution is -2.29. The number of halogens is 3. The molecule has 1 aliphatic carbocycles. The summed E-state index contributed by atoms with van der Waals surface area (Å²) in [7, 11) is -5.72. The lowest BCUT2D eigenvalue weighted by molar-refractivity contribution is -0.0500. The van der Waals surface area contributed by atoms with Crippen molar-refractivity contribution in [2.24, 2.45) is 0 Å². The second kappa shape index (κ2) is 18.0. The largest absolute Gasteiger partial charge is 0.534 e. The summed E-state index contributed by atoms with van der Waals surface area (Å²) in [4.78, 5) is 0. The number of benzene rings is 4. The molecule has 4 aromatic rings. The number of alkyl halides is 3. The maximum atomic E-state index is 12.6. The molecule has 1 saturated carbocycles. The summed E-state index contributed by atoms with van der Waals surface area (Å²) in [6.07, 6.45) is 8.26. The molecule has 0 atom stereocenters. The van der Waals surface area contributed by atoms with Crippen LogP contribution in [0.15, 0.2) is 72.8 Å². The van der Waals surface area contributed by atoms with E-state index in [4.69, 9.17) is 0 Å². The van der Waals surface area contributed by atoms with Crippen LogP contribution in [0.25, 0.3) is 0 Å². The summed E-state index contributed by atoms with van der Waals surface area (Å²) >= 11 is 0. The Hall–Kier alpha value is -4.46. The number of hydrogen-bond acceptors (Lipinski definition) is 6. The molecule has 57 heavy (non-hydrogen) atoms. The first-order valence-corrected chi connectivity index (χ1v) is 21.2. The Balaban J connectivity index is 0.000000253. The second-order valence-corrected chi connectivity index (χ2v) is 17.0. The van der Waals surface area contributed by atoms with E-state index in [0.29, 0.717) is 18.6 Å². The molecule has 10 heteroatoms. The number of phenolic OH excluding ortho intramolecular Hbond substituents is 2. The van der Waals surface area contributed by atoms with Gasteiger partial charge < -0.3 is 19.5 Å². The quantitative estimate of drug-likeness (QED) is 0.0838. The van der Waals surface area contributed by atoms with Crippen molar-refractivity contribution in [2.45, 2.75) is 135 Å². The van der Waals surface area contributed by atoms with Gasteiger partial charge in [0.25, 0.3) is 0 Å². The Labute approximate surface area is 337 Å². The van der Waals surface area contributed by atoms with Gasteiger partial charge in [0.2, 0.25) is 0 Å². The van der Waals surface area contributed by atoms with Gasteiger partial charge in [-0.3, -0.25) is 0 Å². The fourth-order valence-electron chi connectivity index (χ4n) is 8.13. The van der Waals surface area contributed by atoms with Crippen molar-refractivity contribution in [2.75, 3.05) is 0 Å². The van der Waals surface area contributed by atoms with E-state index in [0.717, 1.165) is 71.9 Å². The minimum atomic E-state index is -5.72. The molecule has 0 aliphatic heterocycles. The van der Waals surface area contributed by atoms with E-state index in [1.165, 1.54) is 30.5 Å². The van der Waals surface area contributed by atoms with E-state index in [1.54, 1.807) is 25.1 Å². The molecule has 0 aromatic heterocycles. The van der Waals surface area contributed by atoms with Crippen molar-refractivity contribution in [3.05, 3.63) is 123 Å². The minimum Gasteiger partial charge on any atom is -0.508 e. The Morgan fingerprint density at radius 3 is 1.42 bits per heavy atom. The fraction of sp³-hybridized carbons (Fsp3) is 0.447. The SMILES string of the molecule is CCC(CC)(c1ccc(O)c(C)c1)c1ccc(C#CC2(O)CCCCC2)c(C)c1.CCC(CC)(c1ccc(O)c(C)c1)c1ccc(OS(=O)(=O)C(F)(F)F)c(C)c1. The normalized spacial score (nSPS) is 14.5. The fourth-order valence-corrected chi connectivity index (χ4v) is 8.64. The van der Waals surface area contributed by atoms with Crippen LogP contribution < -0.4 is 4.18 Å². The Morgan fingerprint density at radius 1 is 0.632 bits per heavy atom. The zero-order valence-electron chi connectivity index (χ0n) is 34.4. The summed E-state index contributed by atoms with van der Waals surface area (Å²) in [5, 5.41) is 30.5. The molecular weight excluding hydrogens is 750 g/mol. The predicted molar refractivity (Wildman–Crippen MR) is 221 cm³/mol. The number of phenols is 2. The molecule has 5 rings (SSSR count). The van der Waals surface area contributed by atoms with Gasteiger partial charge in [0.05, 0.1) is 0 Å². The highest BCUT2D eigenvalue weighted by molar-refractivity contribution is 7.88. The standard InChI is InChI=1S/C27H34O2.C20H23F3O4S/c1-5-27(6-2,24-12-13-25(28)21(4)19-24)23-11-10-22(20(3)18-23)14-17-26(29)15-8-7-9-16-26;1-5-19(6-2,15-7-9-17(24)13(3)11-15)16-8-10-18(14(4)12-16)27-28(25,26)20(21,22)23/h10-13,18-19,28-29H,5-9,15-16H2,1-4H3;7-12,24H,5-6H2,1-4H3. The van der Waals surface area contributed by atoms with Gasteiger partial charge in [-0.1, -0.05) is 94.5 Å². The monoisotopic (exact) mass is 806 g/mol. The maximum Gasteiger partial charge on any atom is 0.534 e. The van der Waals surface area contributed by atoms with Crippen LogP contribution >= 0.6 is 0 Å². The average Bonchev–Trinajstić information content (AvgIpc) is 3.16. The first-order chi connectivity index (χ1) is 26.7. The van der Waals surface area contributed by atoms with E-state index in [-0.39, 0.29) is 22.5 Å². The van der Waals surface area contributed by atoms with Crippen LogP contribution in [0.5, 0.6) is 17.2 Å². The van der Waals surface area contributed by atoms with E-state index < -0.39 is 26.6 Å². The van der Waals surface area contributed by atoms with Gasteiger partial charge in [0.1, 0.15) is 22.8 Å². The Morgan fingerprint density at radius 2 is 1.04 bits per heavy atom. The smallest absolute Gasteiger partial charge is 0.508 e. The van der Waals surface area contributed by atoms with Gasteiger partial charge >= 0.3 is 15.6 Å². The zero-order valence-corrected chi connectivity index (χ0v) is 35.2. The van der Waals surface area contributed by atoms with Crippen molar-refractivity contribution < 1.29 is 41.1 Å². The van der Waals surface area contributed by atoms with Gasteiger partial charge in [0, 0.05) is 16.4 Å². The van der Waals surface area contributed by atoms with Crippen LogP contribution in [-0.4, -0.2) is 34.8 Å². The zero-order chi connectivity index (χ0) is 42.4. The van der Waals surface area contributed by atoms with Crippen LogP contribution in [0, 0.1) is 39.5 Å². The summed E-state index contributed by atoms with van der Waals surface area (Å²) in [6.45, 7) is 15.8. The van der Waals surface area contributed by atoms with Crippen molar-refractivity contribution in [1.29, 1.82) is 0 Å². The molecule has 1 aliphatic rings. The number of rotatable bonds is 10. The summed E-state index contributed by atoms with van der Waals surface area (Å²) < 4.78 is 64.6. The molecule has 0 saturated heterocycles. The molecule has 0 radical (unpaired) electrons. The van der Waals surface area contributed by atoms with Crippen LogP contribution in [0.4, 0.5) is 13.2 Å². The molecule has 6 nitrogen and oxygen atoms in total. The highest BCUT2D eigenvalue weighted by Crippen LogP contribution is 2.43. The highest BCUT2D eigenvalue weighted by atomic mass is 32.2. The van der Waals surface area contributed by atoms with Crippen molar-refractivity contribution in [1.82, 2.24) is 0 Å². The summed E-state index contributed by atoms with van der Waals surface area (Å²) in [5.74, 6) is 6.60. The second-order valence-electron chi connectivity index (χ2n) is 15.4. The highest BCUT2D eigenvalue weighted by Gasteiger charge is 2.49. The molecule has 0 bridgehead atoms. The van der Waals surface area contributed by atoms with Crippen molar-refractivity contribution >= 4 is 10.1 Å². The van der Waals surface area contributed by atoms with Crippen LogP contribution in [0.1, 0.15) is 136 Å². The van der Waals surface area contributed by atoms with Crippen LogP contribution in [0.3, 0.4) is 0 Å². The first-order valence-electron chi connectivity index (χ1n) is 19.8. The van der Waals surface area contributed by atoms with E-state index in [1.807, 2.05) is 39.0 Å². The topological polar surface area (TPSA) is 104 Å². The van der Waals surface area contributed by atoms with Gasteiger partial charge in [-0.2, -0.15) is 21.6 Å². The number of aliphatic hydroxyl groups is 1. The number of aromatic hydroxyl groups is 2. The lowest BCUT2D eigenvalue weighted by Gasteiger charge is -2.34. The van der Waals surface area contributed by atoms with Gasteiger partial charge in [-0.05, 0) is 148 Å². The molecule has 0 amide bonds. The summed E-state index contributed by atoms with van der Waals surface area (Å²) in [5.41, 5.74) is 1.55.